The highest BCUT2D eigenvalue weighted by atomic mass is 31.2. The molecule has 0 amide bonds. The van der Waals surface area contributed by atoms with Crippen LogP contribution in [0.3, 0.4) is 0 Å². The number of likely N-dealkylation sites (N-methyl/N-ethyl adjacent to an activating group) is 1. The normalized spacial score (nSPS) is 14.8. The van der Waals surface area contributed by atoms with E-state index in [1.807, 2.05) is 21.1 Å². The van der Waals surface area contributed by atoms with Gasteiger partial charge in [-0.05, 0) is 44.9 Å². The minimum atomic E-state index is -4.48. The fourth-order valence-electron chi connectivity index (χ4n) is 4.04. The molecule has 0 aliphatic heterocycles. The van der Waals surface area contributed by atoms with Crippen molar-refractivity contribution < 1.29 is 37.3 Å². The summed E-state index contributed by atoms with van der Waals surface area (Å²) in [6.07, 6.45) is 33.5. The topological polar surface area (TPSA) is 94.1 Å². The number of rotatable bonds is 30. The van der Waals surface area contributed by atoms with Gasteiger partial charge in [-0.1, -0.05) is 107 Å². The second-order valence-electron chi connectivity index (χ2n) is 12.1. The van der Waals surface area contributed by atoms with Gasteiger partial charge in [-0.2, -0.15) is 0 Å². The molecule has 2 unspecified atom stereocenters. The van der Waals surface area contributed by atoms with Gasteiger partial charge in [-0.15, -0.1) is 0 Å². The van der Waals surface area contributed by atoms with E-state index in [0.29, 0.717) is 17.6 Å². The first-order valence-electron chi connectivity index (χ1n) is 16.9. The molecule has 0 fully saturated rings. The predicted molar refractivity (Wildman–Crippen MR) is 180 cm³/mol. The molecule has 0 aromatic carbocycles. The van der Waals surface area contributed by atoms with Crippen LogP contribution in [0, 0.1) is 0 Å². The number of hydrogen-bond donors (Lipinski definition) is 0. The van der Waals surface area contributed by atoms with Gasteiger partial charge in [0.2, 0.25) is 0 Å². The van der Waals surface area contributed by atoms with E-state index in [-0.39, 0.29) is 26.2 Å². The van der Waals surface area contributed by atoms with Crippen molar-refractivity contribution in [3.8, 4) is 0 Å². The highest BCUT2D eigenvalue weighted by Gasteiger charge is 2.19. The molecule has 0 rings (SSSR count). The first-order chi connectivity index (χ1) is 21.1. The Morgan fingerprint density at radius 3 is 1.77 bits per heavy atom. The molecule has 0 aliphatic carbocycles. The van der Waals surface area contributed by atoms with Crippen molar-refractivity contribution in [3.05, 3.63) is 48.6 Å². The van der Waals surface area contributed by atoms with Crippen molar-refractivity contribution in [2.75, 3.05) is 54.1 Å². The minimum absolute atomic E-state index is 0.0207. The van der Waals surface area contributed by atoms with Crippen molar-refractivity contribution in [2.24, 2.45) is 0 Å². The Labute approximate surface area is 269 Å². The summed E-state index contributed by atoms with van der Waals surface area (Å²) in [5.74, 6) is -0.427. The van der Waals surface area contributed by atoms with Gasteiger partial charge in [0.25, 0.3) is 7.82 Å². The van der Waals surface area contributed by atoms with Crippen molar-refractivity contribution in [2.45, 2.75) is 116 Å². The Kier molecular flexibility index (Phi) is 27.9. The van der Waals surface area contributed by atoms with E-state index < -0.39 is 19.9 Å². The van der Waals surface area contributed by atoms with Gasteiger partial charge in [0.1, 0.15) is 19.3 Å². The molecule has 2 atom stereocenters. The summed E-state index contributed by atoms with van der Waals surface area (Å²) in [5, 5.41) is 0. The lowest BCUT2D eigenvalue weighted by Crippen LogP contribution is -2.37. The minimum Gasteiger partial charge on any atom is -0.756 e. The number of phosphoric acid groups is 1. The third-order valence-electron chi connectivity index (χ3n) is 6.70. The number of carbonyl (C=O) groups is 1. The fraction of sp³-hybridized carbons (Fsp3) is 0.743. The zero-order chi connectivity index (χ0) is 32.8. The Bertz CT molecular complexity index is 849. The molecule has 256 valence electrons. The average molecular weight is 642 g/mol. The van der Waals surface area contributed by atoms with Gasteiger partial charge in [-0.25, -0.2) is 0 Å². The first-order valence-corrected chi connectivity index (χ1v) is 18.3. The number of carbonyl (C=O) groups excluding carboxylic acids is 1. The van der Waals surface area contributed by atoms with Crippen LogP contribution in [-0.2, 0) is 27.9 Å². The van der Waals surface area contributed by atoms with Crippen LogP contribution in [0.4, 0.5) is 0 Å². The van der Waals surface area contributed by atoms with E-state index in [4.69, 9.17) is 18.5 Å². The Balaban J connectivity index is 3.78. The lowest BCUT2D eigenvalue weighted by atomic mass is 10.1. The van der Waals surface area contributed by atoms with Gasteiger partial charge in [0.15, 0.2) is 0 Å². The molecule has 0 aromatic rings. The standard InChI is InChI=1S/C35H64NO7P/c1-6-8-9-10-11-12-13-14-15-16-17-18-19-20-21-22-23-24-25-26-27-28-30-40-32-34(43-35(37)7-2)33-42-44(38,39)41-31-29-36(3,4)5/h8-9,11-12,14-15,17-18,34H,6-7,10,13,16,19-33H2,1-5H3/b9-8-,12-11-,15-14-,18-17-. The lowest BCUT2D eigenvalue weighted by Gasteiger charge is -2.28. The maximum Gasteiger partial charge on any atom is 0.305 e. The van der Waals surface area contributed by atoms with Crippen molar-refractivity contribution in [3.63, 3.8) is 0 Å². The number of quaternary nitrogens is 1. The van der Waals surface area contributed by atoms with E-state index in [9.17, 15) is 14.3 Å². The summed E-state index contributed by atoms with van der Waals surface area (Å²) >= 11 is 0. The van der Waals surface area contributed by atoms with E-state index in [1.54, 1.807) is 6.92 Å². The Hall–Kier alpha value is -1.54. The molecule has 0 spiro atoms. The predicted octanol–water partition coefficient (Wildman–Crippen LogP) is 8.24. The largest absolute Gasteiger partial charge is 0.756 e. The van der Waals surface area contributed by atoms with E-state index in [2.05, 4.69) is 55.5 Å². The van der Waals surface area contributed by atoms with Crippen LogP contribution < -0.4 is 4.89 Å². The number of hydrogen-bond acceptors (Lipinski definition) is 7. The fourth-order valence-corrected chi connectivity index (χ4v) is 4.77. The van der Waals surface area contributed by atoms with Crippen molar-refractivity contribution in [1.82, 2.24) is 0 Å². The lowest BCUT2D eigenvalue weighted by molar-refractivity contribution is -0.870. The monoisotopic (exact) mass is 641 g/mol. The van der Waals surface area contributed by atoms with Crippen LogP contribution in [0.1, 0.15) is 110 Å². The molecule has 0 aromatic heterocycles. The molecule has 0 bridgehead atoms. The summed E-state index contributed by atoms with van der Waals surface area (Å²) in [5.41, 5.74) is 0. The van der Waals surface area contributed by atoms with Crippen LogP contribution >= 0.6 is 7.82 Å². The Morgan fingerprint density at radius 1 is 0.705 bits per heavy atom. The summed E-state index contributed by atoms with van der Waals surface area (Å²) in [6, 6.07) is 0. The Morgan fingerprint density at radius 2 is 1.23 bits per heavy atom. The van der Waals surface area contributed by atoms with Gasteiger partial charge < -0.3 is 27.9 Å². The molecule has 0 heterocycles. The third-order valence-corrected chi connectivity index (χ3v) is 7.66. The molecule has 44 heavy (non-hydrogen) atoms. The molecule has 8 nitrogen and oxygen atoms in total. The van der Waals surface area contributed by atoms with Crippen LogP contribution in [0.5, 0.6) is 0 Å². The second kappa shape index (κ2) is 28.9. The van der Waals surface area contributed by atoms with Crippen LogP contribution in [-0.4, -0.2) is 70.7 Å². The first kappa shape index (κ1) is 42.5. The maximum atomic E-state index is 12.0. The molecule has 0 saturated carbocycles. The summed E-state index contributed by atoms with van der Waals surface area (Å²) in [7, 11) is 1.33. The van der Waals surface area contributed by atoms with Gasteiger partial charge in [-0.3, -0.25) is 9.36 Å². The van der Waals surface area contributed by atoms with Gasteiger partial charge in [0.05, 0.1) is 34.4 Å². The third kappa shape index (κ3) is 31.9. The molecular formula is C35H64NO7P. The van der Waals surface area contributed by atoms with Crippen LogP contribution in [0.15, 0.2) is 48.6 Å². The van der Waals surface area contributed by atoms with Crippen LogP contribution in [0.2, 0.25) is 0 Å². The van der Waals surface area contributed by atoms with E-state index >= 15 is 0 Å². The van der Waals surface area contributed by atoms with E-state index in [0.717, 1.165) is 38.5 Å². The number of nitrogens with zero attached hydrogens (tertiary/aromatic N) is 1. The number of esters is 1. The van der Waals surface area contributed by atoms with E-state index in [1.165, 1.54) is 51.4 Å². The summed E-state index contributed by atoms with van der Waals surface area (Å²) in [4.78, 5) is 23.8. The highest BCUT2D eigenvalue weighted by Crippen LogP contribution is 2.38. The molecule has 0 radical (unpaired) electrons. The second-order valence-corrected chi connectivity index (χ2v) is 13.5. The maximum absolute atomic E-state index is 12.0. The SMILES string of the molecule is CC/C=C\C/C=C\C/C=C\C/C=C\CCCCCCCCCCCOCC(COP(=O)([O-])OCC[N+](C)(C)C)OC(=O)CC. The molecule has 0 N–H and O–H groups in total. The highest BCUT2D eigenvalue weighted by molar-refractivity contribution is 7.45. The average Bonchev–Trinajstić information content (AvgIpc) is 2.97. The zero-order valence-electron chi connectivity index (χ0n) is 28.6. The van der Waals surface area contributed by atoms with Gasteiger partial charge in [0, 0.05) is 13.0 Å². The number of unbranched alkanes of at least 4 members (excludes halogenated alkanes) is 9. The van der Waals surface area contributed by atoms with Crippen molar-refractivity contribution in [1.29, 1.82) is 0 Å². The molecule has 0 saturated heterocycles. The number of allylic oxidation sites excluding steroid dienone is 8. The zero-order valence-corrected chi connectivity index (χ0v) is 29.5. The summed E-state index contributed by atoms with van der Waals surface area (Å²) < 4.78 is 33.5. The summed E-state index contributed by atoms with van der Waals surface area (Å²) in [6.45, 7) is 4.68. The van der Waals surface area contributed by atoms with Gasteiger partial charge >= 0.3 is 5.97 Å². The van der Waals surface area contributed by atoms with Crippen LogP contribution in [0.25, 0.3) is 0 Å². The number of ether oxygens (including phenoxy) is 2. The molecular weight excluding hydrogens is 577 g/mol. The quantitative estimate of drug-likeness (QED) is 0.0256. The van der Waals surface area contributed by atoms with Crippen molar-refractivity contribution >= 4 is 13.8 Å². The smallest absolute Gasteiger partial charge is 0.305 e. The molecule has 9 heteroatoms. The number of phosphoric ester groups is 1. The molecule has 0 aliphatic rings.